The molecule has 2 aromatic rings. The van der Waals surface area contributed by atoms with E-state index in [1.807, 2.05) is 11.8 Å². The third-order valence-electron chi connectivity index (χ3n) is 1.89. The molecule has 0 fully saturated rings. The standard InChI is InChI=1S/C12H15NS2/c1-8-13-10-7-9(15-12(2,3)4)5-6-11(10)14-8/h5-7H,1-4H3. The third kappa shape index (κ3) is 2.73. The van der Waals surface area contributed by atoms with Crippen molar-refractivity contribution in [2.24, 2.45) is 0 Å². The molecule has 3 heteroatoms. The van der Waals surface area contributed by atoms with Gasteiger partial charge in [0.2, 0.25) is 0 Å². The SMILES string of the molecule is Cc1nc2cc(SC(C)(C)C)ccc2s1. The lowest BCUT2D eigenvalue weighted by Crippen LogP contribution is -2.06. The van der Waals surface area contributed by atoms with Crippen molar-refractivity contribution < 1.29 is 0 Å². The van der Waals surface area contributed by atoms with Crippen LogP contribution in [0.1, 0.15) is 25.8 Å². The minimum Gasteiger partial charge on any atom is -0.241 e. The van der Waals surface area contributed by atoms with E-state index in [4.69, 9.17) is 0 Å². The second-order valence-electron chi connectivity index (χ2n) is 4.58. The normalized spacial score (nSPS) is 12.3. The highest BCUT2D eigenvalue weighted by molar-refractivity contribution is 8.00. The smallest absolute Gasteiger partial charge is 0.0907 e. The number of nitrogens with zero attached hydrogens (tertiary/aromatic N) is 1. The quantitative estimate of drug-likeness (QED) is 0.677. The van der Waals surface area contributed by atoms with Crippen LogP contribution in [0.15, 0.2) is 23.1 Å². The number of benzene rings is 1. The van der Waals surface area contributed by atoms with E-state index >= 15 is 0 Å². The number of aryl methyl sites for hydroxylation is 1. The van der Waals surface area contributed by atoms with Crippen LogP contribution in [0.25, 0.3) is 10.2 Å². The maximum Gasteiger partial charge on any atom is 0.0907 e. The van der Waals surface area contributed by atoms with Gasteiger partial charge in [0.05, 0.1) is 15.2 Å². The zero-order valence-electron chi connectivity index (χ0n) is 9.50. The van der Waals surface area contributed by atoms with Crippen molar-refractivity contribution >= 4 is 33.3 Å². The van der Waals surface area contributed by atoms with Gasteiger partial charge in [-0.2, -0.15) is 0 Å². The highest BCUT2D eigenvalue weighted by atomic mass is 32.2. The van der Waals surface area contributed by atoms with Gasteiger partial charge < -0.3 is 0 Å². The Bertz CT molecular complexity index is 480. The molecule has 1 aromatic heterocycles. The van der Waals surface area contributed by atoms with E-state index in [-0.39, 0.29) is 4.75 Å². The summed E-state index contributed by atoms with van der Waals surface area (Å²) in [7, 11) is 0. The van der Waals surface area contributed by atoms with Gasteiger partial charge in [0.25, 0.3) is 0 Å². The zero-order chi connectivity index (χ0) is 11.1. The summed E-state index contributed by atoms with van der Waals surface area (Å²) < 4.78 is 1.55. The monoisotopic (exact) mass is 237 g/mol. The minimum atomic E-state index is 0.263. The topological polar surface area (TPSA) is 12.9 Å². The van der Waals surface area contributed by atoms with Crippen LogP contribution in [0, 0.1) is 6.92 Å². The zero-order valence-corrected chi connectivity index (χ0v) is 11.1. The van der Waals surface area contributed by atoms with Gasteiger partial charge in [-0.25, -0.2) is 4.98 Å². The van der Waals surface area contributed by atoms with Crippen LogP contribution in [0.3, 0.4) is 0 Å². The van der Waals surface area contributed by atoms with E-state index in [0.717, 1.165) is 10.5 Å². The van der Waals surface area contributed by atoms with Gasteiger partial charge in [-0.3, -0.25) is 0 Å². The molecule has 0 atom stereocenters. The third-order valence-corrected chi connectivity index (χ3v) is 3.94. The highest BCUT2D eigenvalue weighted by Crippen LogP contribution is 2.34. The summed E-state index contributed by atoms with van der Waals surface area (Å²) in [4.78, 5) is 5.81. The molecule has 1 aromatic carbocycles. The molecule has 80 valence electrons. The lowest BCUT2D eigenvalue weighted by atomic mass is 10.3. The van der Waals surface area contributed by atoms with Crippen LogP contribution >= 0.6 is 23.1 Å². The number of fused-ring (bicyclic) bond motifs is 1. The first kappa shape index (κ1) is 11.0. The molecular weight excluding hydrogens is 222 g/mol. The summed E-state index contributed by atoms with van der Waals surface area (Å²) in [6.45, 7) is 8.75. The second kappa shape index (κ2) is 3.80. The van der Waals surface area contributed by atoms with E-state index in [9.17, 15) is 0 Å². The second-order valence-corrected chi connectivity index (χ2v) is 7.71. The van der Waals surface area contributed by atoms with Crippen LogP contribution < -0.4 is 0 Å². The Kier molecular flexibility index (Phi) is 2.77. The van der Waals surface area contributed by atoms with Crippen LogP contribution in [0.5, 0.6) is 0 Å². The van der Waals surface area contributed by atoms with Crippen molar-refractivity contribution in [3.05, 3.63) is 23.2 Å². The first-order valence-corrected chi connectivity index (χ1v) is 6.63. The van der Waals surface area contributed by atoms with Gasteiger partial charge >= 0.3 is 0 Å². The van der Waals surface area contributed by atoms with Crippen LogP contribution in [-0.2, 0) is 0 Å². The number of hydrogen-bond donors (Lipinski definition) is 0. The Morgan fingerprint density at radius 1 is 1.27 bits per heavy atom. The van der Waals surface area contributed by atoms with Crippen LogP contribution in [0.2, 0.25) is 0 Å². The predicted octanol–water partition coefficient (Wildman–Crippen LogP) is 4.50. The summed E-state index contributed by atoms with van der Waals surface area (Å²) in [5.41, 5.74) is 1.13. The molecule has 0 radical (unpaired) electrons. The Hall–Kier alpha value is -0.540. The molecule has 0 saturated heterocycles. The maximum atomic E-state index is 4.51. The Labute approximate surface area is 98.9 Å². The lowest BCUT2D eigenvalue weighted by molar-refractivity contribution is 0.803. The summed E-state index contributed by atoms with van der Waals surface area (Å²) in [5.74, 6) is 0. The number of thioether (sulfide) groups is 1. The lowest BCUT2D eigenvalue weighted by Gasteiger charge is -2.17. The van der Waals surface area contributed by atoms with Gasteiger partial charge in [0.15, 0.2) is 0 Å². The summed E-state index contributed by atoms with van der Waals surface area (Å²) in [6, 6.07) is 6.55. The van der Waals surface area contributed by atoms with Gasteiger partial charge in [0.1, 0.15) is 0 Å². The summed E-state index contributed by atoms with van der Waals surface area (Å²) in [6.07, 6.45) is 0. The highest BCUT2D eigenvalue weighted by Gasteiger charge is 2.12. The molecule has 15 heavy (non-hydrogen) atoms. The first-order chi connectivity index (χ1) is 6.94. The van der Waals surface area contributed by atoms with Gasteiger partial charge in [-0.15, -0.1) is 23.1 Å². The molecule has 0 saturated carbocycles. The van der Waals surface area contributed by atoms with Crippen molar-refractivity contribution in [2.75, 3.05) is 0 Å². The van der Waals surface area contributed by atoms with E-state index in [1.54, 1.807) is 11.3 Å². The van der Waals surface area contributed by atoms with Crippen molar-refractivity contribution in [1.82, 2.24) is 4.98 Å². The molecule has 0 aliphatic rings. The fourth-order valence-electron chi connectivity index (χ4n) is 1.44. The number of aromatic nitrogens is 1. The van der Waals surface area contributed by atoms with Crippen molar-refractivity contribution in [1.29, 1.82) is 0 Å². The van der Waals surface area contributed by atoms with Gasteiger partial charge in [0, 0.05) is 9.64 Å². The fraction of sp³-hybridized carbons (Fsp3) is 0.417. The molecule has 0 amide bonds. The molecule has 0 spiro atoms. The van der Waals surface area contributed by atoms with Crippen molar-refractivity contribution in [3.8, 4) is 0 Å². The van der Waals surface area contributed by atoms with Gasteiger partial charge in [-0.05, 0) is 25.1 Å². The molecule has 2 rings (SSSR count). The van der Waals surface area contributed by atoms with E-state index in [0.29, 0.717) is 0 Å². The number of rotatable bonds is 1. The Morgan fingerprint density at radius 2 is 2.00 bits per heavy atom. The largest absolute Gasteiger partial charge is 0.241 e. The predicted molar refractivity (Wildman–Crippen MR) is 70.0 cm³/mol. The fourth-order valence-corrected chi connectivity index (χ4v) is 3.26. The van der Waals surface area contributed by atoms with E-state index < -0.39 is 0 Å². The van der Waals surface area contributed by atoms with E-state index in [1.165, 1.54) is 9.60 Å². The molecule has 1 heterocycles. The molecular formula is C12H15NS2. The Morgan fingerprint density at radius 3 is 2.67 bits per heavy atom. The molecule has 0 unspecified atom stereocenters. The Balaban J connectivity index is 2.38. The molecule has 0 N–H and O–H groups in total. The average molecular weight is 237 g/mol. The van der Waals surface area contributed by atoms with Crippen LogP contribution in [0.4, 0.5) is 0 Å². The minimum absolute atomic E-state index is 0.263. The average Bonchev–Trinajstić information content (AvgIpc) is 2.40. The van der Waals surface area contributed by atoms with Crippen LogP contribution in [-0.4, -0.2) is 9.73 Å². The van der Waals surface area contributed by atoms with Gasteiger partial charge in [-0.1, -0.05) is 20.8 Å². The van der Waals surface area contributed by atoms with Crippen molar-refractivity contribution in [2.45, 2.75) is 37.3 Å². The summed E-state index contributed by atoms with van der Waals surface area (Å²) >= 11 is 3.65. The maximum absolute atomic E-state index is 4.51. The molecule has 0 aliphatic heterocycles. The summed E-state index contributed by atoms with van der Waals surface area (Å²) in [5, 5.41) is 1.14. The first-order valence-electron chi connectivity index (χ1n) is 5.00. The number of hydrogen-bond acceptors (Lipinski definition) is 3. The molecule has 0 bridgehead atoms. The molecule has 0 aliphatic carbocycles. The van der Waals surface area contributed by atoms with Crippen molar-refractivity contribution in [3.63, 3.8) is 0 Å². The van der Waals surface area contributed by atoms with E-state index in [2.05, 4.69) is 50.9 Å². The molecule has 1 nitrogen and oxygen atoms in total. The number of thiazole rings is 1.